The highest BCUT2D eigenvalue weighted by Gasteiger charge is 2.22. The van der Waals surface area contributed by atoms with Gasteiger partial charge in [0.15, 0.2) is 0 Å². The fourth-order valence-electron chi connectivity index (χ4n) is 3.05. The highest BCUT2D eigenvalue weighted by molar-refractivity contribution is 5.90. The second-order valence-corrected chi connectivity index (χ2v) is 6.61. The molecule has 2 heterocycles. The Balaban J connectivity index is 0.00000338. The lowest BCUT2D eigenvalue weighted by atomic mass is 9.85. The van der Waals surface area contributed by atoms with Gasteiger partial charge in [0.2, 0.25) is 11.8 Å². The predicted molar refractivity (Wildman–Crippen MR) is 102 cm³/mol. The smallest absolute Gasteiger partial charge is 0.241 e. The maximum absolute atomic E-state index is 12.2. The lowest BCUT2D eigenvalue weighted by molar-refractivity contribution is -0.122. The zero-order valence-electron chi connectivity index (χ0n) is 15.5. The minimum absolute atomic E-state index is 0. The van der Waals surface area contributed by atoms with Gasteiger partial charge in [0, 0.05) is 26.3 Å². The van der Waals surface area contributed by atoms with Gasteiger partial charge in [-0.3, -0.25) is 14.3 Å². The number of hydrogen-bond acceptors (Lipinski definition) is 5. The van der Waals surface area contributed by atoms with Crippen molar-refractivity contribution in [2.45, 2.75) is 32.7 Å². The number of nitrogens with one attached hydrogen (secondary N) is 3. The highest BCUT2D eigenvalue weighted by Crippen LogP contribution is 2.22. The number of rotatable bonds is 9. The van der Waals surface area contributed by atoms with Crippen LogP contribution in [-0.2, 0) is 20.9 Å². The SMILES string of the molecule is COCCNC(=O)Cn1cc(NC(=O)CC(C)C2CCCNC2)cn1.Cl. The summed E-state index contributed by atoms with van der Waals surface area (Å²) in [6.07, 6.45) is 6.08. The molecular formula is C17H30ClN5O3. The molecule has 0 aliphatic carbocycles. The number of carbonyl (C=O) groups excluding carboxylic acids is 2. The Kier molecular flexibility index (Phi) is 10.2. The van der Waals surface area contributed by atoms with E-state index in [1.54, 1.807) is 19.5 Å². The van der Waals surface area contributed by atoms with E-state index in [9.17, 15) is 9.59 Å². The number of aromatic nitrogens is 2. The average Bonchev–Trinajstić information content (AvgIpc) is 3.02. The molecule has 2 atom stereocenters. The third-order valence-corrected chi connectivity index (χ3v) is 4.50. The Labute approximate surface area is 160 Å². The lowest BCUT2D eigenvalue weighted by Crippen LogP contribution is -2.34. The van der Waals surface area contributed by atoms with Crippen LogP contribution in [0.2, 0.25) is 0 Å². The van der Waals surface area contributed by atoms with E-state index < -0.39 is 0 Å². The zero-order valence-corrected chi connectivity index (χ0v) is 16.3. The van der Waals surface area contributed by atoms with Crippen molar-refractivity contribution in [2.24, 2.45) is 11.8 Å². The number of nitrogens with zero attached hydrogens (tertiary/aromatic N) is 2. The van der Waals surface area contributed by atoms with Gasteiger partial charge in [0.1, 0.15) is 6.54 Å². The van der Waals surface area contributed by atoms with Gasteiger partial charge in [0.25, 0.3) is 0 Å². The molecule has 1 aromatic heterocycles. The Morgan fingerprint density at radius 3 is 2.96 bits per heavy atom. The number of amides is 2. The van der Waals surface area contributed by atoms with Crippen LogP contribution in [0.25, 0.3) is 0 Å². The van der Waals surface area contributed by atoms with Crippen molar-refractivity contribution in [3.05, 3.63) is 12.4 Å². The van der Waals surface area contributed by atoms with Crippen LogP contribution in [0.1, 0.15) is 26.2 Å². The number of piperidine rings is 1. The monoisotopic (exact) mass is 387 g/mol. The fraction of sp³-hybridized carbons (Fsp3) is 0.706. The molecule has 8 nitrogen and oxygen atoms in total. The zero-order chi connectivity index (χ0) is 18.1. The van der Waals surface area contributed by atoms with Gasteiger partial charge in [-0.25, -0.2) is 0 Å². The van der Waals surface area contributed by atoms with Crippen LogP contribution in [0.3, 0.4) is 0 Å². The summed E-state index contributed by atoms with van der Waals surface area (Å²) in [5.41, 5.74) is 0.615. The molecule has 0 aromatic carbocycles. The van der Waals surface area contributed by atoms with Gasteiger partial charge < -0.3 is 20.7 Å². The number of anilines is 1. The van der Waals surface area contributed by atoms with Gasteiger partial charge in [0.05, 0.1) is 18.5 Å². The Morgan fingerprint density at radius 1 is 1.46 bits per heavy atom. The molecule has 1 fully saturated rings. The van der Waals surface area contributed by atoms with Crippen molar-refractivity contribution < 1.29 is 14.3 Å². The van der Waals surface area contributed by atoms with Gasteiger partial charge >= 0.3 is 0 Å². The van der Waals surface area contributed by atoms with Crippen LogP contribution >= 0.6 is 12.4 Å². The number of methoxy groups -OCH3 is 1. The Bertz CT molecular complexity index is 560. The summed E-state index contributed by atoms with van der Waals surface area (Å²) < 4.78 is 6.38. The maximum Gasteiger partial charge on any atom is 0.241 e. The molecule has 1 aliphatic heterocycles. The van der Waals surface area contributed by atoms with E-state index in [1.807, 2.05) is 0 Å². The van der Waals surface area contributed by atoms with Crippen molar-refractivity contribution in [1.82, 2.24) is 20.4 Å². The van der Waals surface area contributed by atoms with E-state index in [0.717, 1.165) is 13.1 Å². The predicted octanol–water partition coefficient (Wildman–Crippen LogP) is 1.03. The van der Waals surface area contributed by atoms with Crippen LogP contribution < -0.4 is 16.0 Å². The van der Waals surface area contributed by atoms with Crippen molar-refractivity contribution in [2.75, 3.05) is 38.7 Å². The van der Waals surface area contributed by atoms with E-state index >= 15 is 0 Å². The van der Waals surface area contributed by atoms with E-state index in [0.29, 0.717) is 37.1 Å². The van der Waals surface area contributed by atoms with E-state index in [1.165, 1.54) is 17.5 Å². The van der Waals surface area contributed by atoms with E-state index in [2.05, 4.69) is 28.0 Å². The first-order valence-electron chi connectivity index (χ1n) is 8.87. The molecule has 2 amide bonds. The molecule has 1 aliphatic rings. The summed E-state index contributed by atoms with van der Waals surface area (Å²) in [5, 5.41) is 13.1. The molecule has 3 N–H and O–H groups in total. The fourth-order valence-corrected chi connectivity index (χ4v) is 3.05. The second kappa shape index (κ2) is 11.9. The average molecular weight is 388 g/mol. The Morgan fingerprint density at radius 2 is 2.27 bits per heavy atom. The molecule has 26 heavy (non-hydrogen) atoms. The quantitative estimate of drug-likeness (QED) is 0.550. The standard InChI is InChI=1S/C17H29N5O3.ClH/c1-13(14-4-3-5-18-9-14)8-16(23)21-15-10-20-22(11-15)12-17(24)19-6-7-25-2;/h10-11,13-14,18H,3-9,12H2,1-2H3,(H,19,24)(H,21,23);1H. The lowest BCUT2D eigenvalue weighted by Gasteiger charge is -2.27. The van der Waals surface area contributed by atoms with Gasteiger partial charge in [-0.05, 0) is 37.8 Å². The summed E-state index contributed by atoms with van der Waals surface area (Å²) in [6, 6.07) is 0. The first-order chi connectivity index (χ1) is 12.1. The molecule has 0 radical (unpaired) electrons. The molecule has 0 spiro atoms. The van der Waals surface area contributed by atoms with Gasteiger partial charge in [-0.1, -0.05) is 6.92 Å². The molecule has 0 bridgehead atoms. The van der Waals surface area contributed by atoms with Crippen molar-refractivity contribution in [3.63, 3.8) is 0 Å². The topological polar surface area (TPSA) is 97.3 Å². The molecule has 2 rings (SSSR count). The van der Waals surface area contributed by atoms with Crippen LogP contribution in [0.5, 0.6) is 0 Å². The summed E-state index contributed by atoms with van der Waals surface area (Å²) in [5.74, 6) is 0.742. The minimum Gasteiger partial charge on any atom is -0.383 e. The Hall–Kier alpha value is -1.64. The van der Waals surface area contributed by atoms with Gasteiger partial charge in [-0.2, -0.15) is 5.10 Å². The summed E-state index contributed by atoms with van der Waals surface area (Å²) in [7, 11) is 1.58. The van der Waals surface area contributed by atoms with E-state index in [4.69, 9.17) is 4.74 Å². The number of ether oxygens (including phenoxy) is 1. The summed E-state index contributed by atoms with van der Waals surface area (Å²) in [6.45, 7) is 5.25. The summed E-state index contributed by atoms with van der Waals surface area (Å²) >= 11 is 0. The van der Waals surface area contributed by atoms with Crippen LogP contribution in [0.15, 0.2) is 12.4 Å². The second-order valence-electron chi connectivity index (χ2n) is 6.61. The molecular weight excluding hydrogens is 358 g/mol. The molecule has 9 heteroatoms. The number of carbonyl (C=O) groups is 2. The molecule has 148 valence electrons. The van der Waals surface area contributed by atoms with Crippen LogP contribution in [-0.4, -0.2) is 54.9 Å². The first kappa shape index (κ1) is 22.4. The number of hydrogen-bond donors (Lipinski definition) is 3. The van der Waals surface area contributed by atoms with E-state index in [-0.39, 0.29) is 30.8 Å². The number of halogens is 1. The van der Waals surface area contributed by atoms with Crippen molar-refractivity contribution in [1.29, 1.82) is 0 Å². The normalized spacial score (nSPS) is 17.8. The third-order valence-electron chi connectivity index (χ3n) is 4.50. The molecule has 0 saturated carbocycles. The summed E-state index contributed by atoms with van der Waals surface area (Å²) in [4.78, 5) is 23.9. The molecule has 1 saturated heterocycles. The van der Waals surface area contributed by atoms with Crippen LogP contribution in [0.4, 0.5) is 5.69 Å². The van der Waals surface area contributed by atoms with Gasteiger partial charge in [-0.15, -0.1) is 12.4 Å². The highest BCUT2D eigenvalue weighted by atomic mass is 35.5. The third kappa shape index (κ3) is 7.72. The molecule has 1 aromatic rings. The molecule has 2 unspecified atom stereocenters. The van der Waals surface area contributed by atoms with Crippen molar-refractivity contribution >= 4 is 29.9 Å². The minimum atomic E-state index is -0.142. The maximum atomic E-state index is 12.2. The first-order valence-corrected chi connectivity index (χ1v) is 8.87. The van der Waals surface area contributed by atoms with Crippen LogP contribution in [0, 0.1) is 11.8 Å². The largest absolute Gasteiger partial charge is 0.383 e. The van der Waals surface area contributed by atoms with Crippen molar-refractivity contribution in [3.8, 4) is 0 Å².